The lowest BCUT2D eigenvalue weighted by Gasteiger charge is -2.28. The molecule has 1 aliphatic carbocycles. The maximum Gasteiger partial charge on any atom is 0.146 e. The fourth-order valence-corrected chi connectivity index (χ4v) is 2.18. The van der Waals surface area contributed by atoms with Crippen LogP contribution in [-0.4, -0.2) is 16.1 Å². The van der Waals surface area contributed by atoms with Crippen molar-refractivity contribution in [1.82, 2.24) is 5.16 Å². The normalized spacial score (nSPS) is 21.7. The zero-order valence-electron chi connectivity index (χ0n) is 9.37. The molecule has 0 unspecified atom stereocenters. The Kier molecular flexibility index (Phi) is 2.29. The Morgan fingerprint density at radius 1 is 1.47 bits per heavy atom. The van der Waals surface area contributed by atoms with Gasteiger partial charge in [0.15, 0.2) is 0 Å². The lowest BCUT2D eigenvalue weighted by Crippen LogP contribution is -2.27. The van der Waals surface area contributed by atoms with Crippen molar-refractivity contribution >= 4 is 5.71 Å². The third kappa shape index (κ3) is 1.64. The first-order valence-electron chi connectivity index (χ1n) is 5.26. The summed E-state index contributed by atoms with van der Waals surface area (Å²) in [6.45, 7) is 6.29. The van der Waals surface area contributed by atoms with E-state index in [-0.39, 0.29) is 5.41 Å². The SMILES string of the molecule is CCc1noc2c1C(=NO)CC(C)(C)C2. The van der Waals surface area contributed by atoms with E-state index in [2.05, 4.69) is 24.2 Å². The van der Waals surface area contributed by atoms with Gasteiger partial charge in [0.2, 0.25) is 0 Å². The van der Waals surface area contributed by atoms with Crippen LogP contribution >= 0.6 is 0 Å². The van der Waals surface area contributed by atoms with Crippen LogP contribution < -0.4 is 0 Å². The number of nitrogens with zero attached hydrogens (tertiary/aromatic N) is 2. The second-order valence-electron chi connectivity index (χ2n) is 4.85. The molecular weight excluding hydrogens is 192 g/mol. The van der Waals surface area contributed by atoms with Gasteiger partial charge in [-0.2, -0.15) is 0 Å². The molecular formula is C11H16N2O2. The minimum atomic E-state index is 0.0824. The number of aryl methyl sites for hydroxylation is 1. The summed E-state index contributed by atoms with van der Waals surface area (Å²) in [6.07, 6.45) is 2.43. The van der Waals surface area contributed by atoms with Crippen LogP contribution in [-0.2, 0) is 12.8 Å². The Morgan fingerprint density at radius 2 is 2.20 bits per heavy atom. The van der Waals surface area contributed by atoms with E-state index in [1.807, 2.05) is 6.92 Å². The molecule has 2 rings (SSSR count). The summed E-state index contributed by atoms with van der Waals surface area (Å²) >= 11 is 0. The number of rotatable bonds is 1. The highest BCUT2D eigenvalue weighted by Gasteiger charge is 2.34. The van der Waals surface area contributed by atoms with Crippen LogP contribution in [0.3, 0.4) is 0 Å². The molecule has 1 N–H and O–H groups in total. The van der Waals surface area contributed by atoms with Crippen molar-refractivity contribution in [2.24, 2.45) is 10.6 Å². The molecule has 0 atom stereocenters. The zero-order chi connectivity index (χ0) is 11.1. The summed E-state index contributed by atoms with van der Waals surface area (Å²) in [4.78, 5) is 0. The van der Waals surface area contributed by atoms with E-state index in [4.69, 9.17) is 9.73 Å². The summed E-state index contributed by atoms with van der Waals surface area (Å²) in [5, 5.41) is 16.4. The van der Waals surface area contributed by atoms with Gasteiger partial charge in [-0.3, -0.25) is 0 Å². The van der Waals surface area contributed by atoms with Gasteiger partial charge in [0, 0.05) is 6.42 Å². The fourth-order valence-electron chi connectivity index (χ4n) is 2.18. The van der Waals surface area contributed by atoms with Crippen LogP contribution in [0.2, 0.25) is 0 Å². The van der Waals surface area contributed by atoms with Crippen LogP contribution in [0.15, 0.2) is 9.68 Å². The molecule has 15 heavy (non-hydrogen) atoms. The van der Waals surface area contributed by atoms with Gasteiger partial charge in [-0.15, -0.1) is 0 Å². The number of hydrogen-bond acceptors (Lipinski definition) is 4. The van der Waals surface area contributed by atoms with Gasteiger partial charge in [-0.1, -0.05) is 31.1 Å². The molecule has 0 radical (unpaired) electrons. The van der Waals surface area contributed by atoms with Crippen LogP contribution in [0, 0.1) is 5.41 Å². The van der Waals surface area contributed by atoms with Gasteiger partial charge in [0.05, 0.1) is 17.0 Å². The molecule has 0 fully saturated rings. The molecule has 0 bridgehead atoms. The van der Waals surface area contributed by atoms with Crippen LogP contribution in [0.25, 0.3) is 0 Å². The average Bonchev–Trinajstić information content (AvgIpc) is 2.57. The smallest absolute Gasteiger partial charge is 0.146 e. The molecule has 1 aromatic rings. The lowest BCUT2D eigenvalue weighted by molar-refractivity contribution is 0.284. The predicted octanol–water partition coefficient (Wildman–Crippen LogP) is 2.39. The second-order valence-corrected chi connectivity index (χ2v) is 4.85. The molecule has 0 aliphatic heterocycles. The van der Waals surface area contributed by atoms with Crippen molar-refractivity contribution in [3.63, 3.8) is 0 Å². The Hall–Kier alpha value is -1.32. The molecule has 1 aliphatic rings. The van der Waals surface area contributed by atoms with Gasteiger partial charge in [-0.05, 0) is 18.3 Å². The number of fused-ring (bicyclic) bond motifs is 1. The quantitative estimate of drug-likeness (QED) is 0.569. The van der Waals surface area contributed by atoms with E-state index in [1.165, 1.54) is 0 Å². The summed E-state index contributed by atoms with van der Waals surface area (Å²) in [6, 6.07) is 0. The van der Waals surface area contributed by atoms with E-state index >= 15 is 0 Å². The van der Waals surface area contributed by atoms with Crippen LogP contribution in [0.1, 0.15) is 44.2 Å². The van der Waals surface area contributed by atoms with E-state index < -0.39 is 0 Å². The standard InChI is InChI=1S/C11H16N2O2/c1-4-7-10-8(12-14)5-11(2,3)6-9(10)15-13-7/h14H,4-6H2,1-3H3. The van der Waals surface area contributed by atoms with Crippen LogP contribution in [0.5, 0.6) is 0 Å². The van der Waals surface area contributed by atoms with Crippen LogP contribution in [0.4, 0.5) is 0 Å². The molecule has 0 saturated heterocycles. The van der Waals surface area contributed by atoms with Gasteiger partial charge in [0.25, 0.3) is 0 Å². The monoisotopic (exact) mass is 208 g/mol. The van der Waals surface area contributed by atoms with E-state index in [0.29, 0.717) is 5.71 Å². The van der Waals surface area contributed by atoms with Gasteiger partial charge < -0.3 is 9.73 Å². The van der Waals surface area contributed by atoms with E-state index in [0.717, 1.165) is 36.3 Å². The van der Waals surface area contributed by atoms with Gasteiger partial charge in [0.1, 0.15) is 5.76 Å². The Morgan fingerprint density at radius 3 is 2.80 bits per heavy atom. The second kappa shape index (κ2) is 3.36. The Balaban J connectivity index is 2.52. The van der Waals surface area contributed by atoms with Gasteiger partial charge >= 0.3 is 0 Å². The zero-order valence-corrected chi connectivity index (χ0v) is 9.37. The van der Waals surface area contributed by atoms with E-state index in [9.17, 15) is 0 Å². The van der Waals surface area contributed by atoms with Crippen molar-refractivity contribution < 1.29 is 9.73 Å². The largest absolute Gasteiger partial charge is 0.411 e. The molecule has 4 heteroatoms. The number of hydrogen-bond donors (Lipinski definition) is 1. The Bertz CT molecular complexity index is 405. The molecule has 0 aromatic carbocycles. The molecule has 1 aromatic heterocycles. The van der Waals surface area contributed by atoms with Crippen molar-refractivity contribution in [3.05, 3.63) is 17.0 Å². The predicted molar refractivity (Wildman–Crippen MR) is 56.3 cm³/mol. The number of aromatic nitrogens is 1. The average molecular weight is 208 g/mol. The third-order valence-corrected chi connectivity index (χ3v) is 2.86. The summed E-state index contributed by atoms with van der Waals surface area (Å²) in [5.74, 6) is 0.857. The first kappa shape index (κ1) is 10.2. The molecule has 0 saturated carbocycles. The first-order valence-corrected chi connectivity index (χ1v) is 5.26. The maximum absolute atomic E-state index is 9.03. The van der Waals surface area contributed by atoms with Crippen molar-refractivity contribution in [3.8, 4) is 0 Å². The minimum Gasteiger partial charge on any atom is -0.411 e. The van der Waals surface area contributed by atoms with Crippen molar-refractivity contribution in [2.75, 3.05) is 0 Å². The molecule has 4 nitrogen and oxygen atoms in total. The lowest BCUT2D eigenvalue weighted by atomic mass is 9.75. The molecule has 82 valence electrons. The number of oxime groups is 1. The van der Waals surface area contributed by atoms with Crippen molar-refractivity contribution in [1.29, 1.82) is 0 Å². The summed E-state index contributed by atoms with van der Waals surface area (Å²) in [7, 11) is 0. The topological polar surface area (TPSA) is 58.6 Å². The Labute approximate surface area is 89.0 Å². The van der Waals surface area contributed by atoms with Gasteiger partial charge in [-0.25, -0.2) is 0 Å². The molecule has 0 spiro atoms. The highest BCUT2D eigenvalue weighted by molar-refractivity contribution is 6.03. The highest BCUT2D eigenvalue weighted by atomic mass is 16.5. The first-order chi connectivity index (χ1) is 7.07. The molecule has 1 heterocycles. The highest BCUT2D eigenvalue weighted by Crippen LogP contribution is 2.36. The van der Waals surface area contributed by atoms with E-state index in [1.54, 1.807) is 0 Å². The minimum absolute atomic E-state index is 0.0824. The summed E-state index contributed by atoms with van der Waals surface area (Å²) in [5.41, 5.74) is 2.62. The fraction of sp³-hybridized carbons (Fsp3) is 0.636. The summed E-state index contributed by atoms with van der Waals surface area (Å²) < 4.78 is 5.30. The third-order valence-electron chi connectivity index (χ3n) is 2.86. The maximum atomic E-state index is 9.03. The van der Waals surface area contributed by atoms with Crippen molar-refractivity contribution in [2.45, 2.75) is 40.0 Å². The molecule has 0 amide bonds.